The van der Waals surface area contributed by atoms with Gasteiger partial charge in [0.1, 0.15) is 5.75 Å². The smallest absolute Gasteiger partial charge is 0.343 e. The maximum atomic E-state index is 12.8. The van der Waals surface area contributed by atoms with Gasteiger partial charge < -0.3 is 14.2 Å². The Labute approximate surface area is 215 Å². The van der Waals surface area contributed by atoms with E-state index in [4.69, 9.17) is 14.2 Å². The summed E-state index contributed by atoms with van der Waals surface area (Å²) in [6.45, 7) is 4.33. The molecule has 1 N–H and O–H groups in total. The Morgan fingerprint density at radius 2 is 1.39 bits per heavy atom. The van der Waals surface area contributed by atoms with Gasteiger partial charge in [-0.2, -0.15) is 5.10 Å². The fraction of sp³-hybridized carbons (Fsp3) is 0.160. The van der Waals surface area contributed by atoms with Gasteiger partial charge in [-0.1, -0.05) is 0 Å². The van der Waals surface area contributed by atoms with E-state index in [1.807, 2.05) is 6.92 Å². The molecule has 1 amide bonds. The highest BCUT2D eigenvalue weighted by Gasteiger charge is 2.17. The fourth-order valence-corrected chi connectivity index (χ4v) is 3.14. The molecule has 13 heteroatoms. The molecule has 0 saturated heterocycles. The van der Waals surface area contributed by atoms with Crippen LogP contribution in [0.5, 0.6) is 17.2 Å². The van der Waals surface area contributed by atoms with E-state index in [-0.39, 0.29) is 33.8 Å². The second kappa shape index (κ2) is 12.6. The van der Waals surface area contributed by atoms with Gasteiger partial charge in [-0.15, -0.1) is 0 Å². The number of amides is 1. The van der Waals surface area contributed by atoms with E-state index in [1.165, 1.54) is 30.3 Å². The normalized spacial score (nSPS) is 10.6. The first-order valence-corrected chi connectivity index (χ1v) is 11.2. The van der Waals surface area contributed by atoms with Crippen LogP contribution in [-0.2, 0) is 0 Å². The van der Waals surface area contributed by atoms with Gasteiger partial charge in [-0.3, -0.25) is 25.0 Å². The Balaban J connectivity index is 1.81. The van der Waals surface area contributed by atoms with Crippen molar-refractivity contribution in [2.24, 2.45) is 5.10 Å². The molecule has 0 saturated carbocycles. The molecule has 0 aromatic heterocycles. The number of nitrogens with zero attached hydrogens (tertiary/aromatic N) is 3. The third-order valence-corrected chi connectivity index (χ3v) is 4.90. The molecule has 0 aliphatic heterocycles. The summed E-state index contributed by atoms with van der Waals surface area (Å²) in [7, 11) is 0. The molecule has 0 aliphatic carbocycles. The molecular formula is C25H22N4O9. The molecular weight excluding hydrogens is 500 g/mol. The van der Waals surface area contributed by atoms with E-state index in [0.717, 1.165) is 30.5 Å². The number of esters is 1. The summed E-state index contributed by atoms with van der Waals surface area (Å²) >= 11 is 0. The molecule has 0 bridgehead atoms. The average molecular weight is 522 g/mol. The number of hydrazone groups is 1. The van der Waals surface area contributed by atoms with Crippen LogP contribution in [0.2, 0.25) is 0 Å². The van der Waals surface area contributed by atoms with Crippen LogP contribution in [0, 0.1) is 20.2 Å². The van der Waals surface area contributed by atoms with E-state index in [1.54, 1.807) is 13.0 Å². The van der Waals surface area contributed by atoms with Gasteiger partial charge in [-0.05, 0) is 50.2 Å². The zero-order valence-corrected chi connectivity index (χ0v) is 20.3. The highest BCUT2D eigenvalue weighted by atomic mass is 16.6. The van der Waals surface area contributed by atoms with Gasteiger partial charge in [0.05, 0.1) is 34.8 Å². The number of hydrogen-bond acceptors (Lipinski definition) is 10. The summed E-state index contributed by atoms with van der Waals surface area (Å²) in [4.78, 5) is 45.9. The Kier molecular flexibility index (Phi) is 9.02. The van der Waals surface area contributed by atoms with Crippen molar-refractivity contribution < 1.29 is 33.6 Å². The van der Waals surface area contributed by atoms with Gasteiger partial charge >= 0.3 is 5.97 Å². The lowest BCUT2D eigenvalue weighted by atomic mass is 10.1. The summed E-state index contributed by atoms with van der Waals surface area (Å²) in [6, 6.07) is 12.8. The SMILES string of the molecule is CCOc1ccc(C(=O)Oc2ccc([N+](=O)[O-])cc2/C=N/NC(=O)c2ccc([N+](=O)[O-])cc2)cc1OCC. The molecule has 0 heterocycles. The summed E-state index contributed by atoms with van der Waals surface area (Å²) in [5.41, 5.74) is 2.01. The number of non-ortho nitro benzene ring substituents is 2. The number of nitro groups is 2. The lowest BCUT2D eigenvalue weighted by Crippen LogP contribution is -2.17. The molecule has 3 rings (SSSR count). The third-order valence-electron chi connectivity index (χ3n) is 4.90. The van der Waals surface area contributed by atoms with Crippen molar-refractivity contribution in [1.29, 1.82) is 0 Å². The molecule has 3 aromatic carbocycles. The molecule has 38 heavy (non-hydrogen) atoms. The standard InChI is InChI=1S/C25H22N4O9/c1-3-36-22-11-7-17(14-23(22)37-4-2)25(31)38-21-12-10-20(29(34)35)13-18(21)15-26-27-24(30)16-5-8-19(9-6-16)28(32)33/h5-15H,3-4H2,1-2H3,(H,27,30)/b26-15+. The van der Waals surface area contributed by atoms with Gasteiger partial charge in [0, 0.05) is 35.4 Å². The van der Waals surface area contributed by atoms with Crippen molar-refractivity contribution >= 4 is 29.5 Å². The second-order valence-corrected chi connectivity index (χ2v) is 7.40. The molecule has 0 spiro atoms. The highest BCUT2D eigenvalue weighted by molar-refractivity contribution is 5.96. The zero-order chi connectivity index (χ0) is 27.7. The number of benzene rings is 3. The van der Waals surface area contributed by atoms with E-state index in [9.17, 15) is 29.8 Å². The lowest BCUT2D eigenvalue weighted by Gasteiger charge is -2.12. The van der Waals surface area contributed by atoms with Crippen LogP contribution in [0.1, 0.15) is 40.1 Å². The molecule has 3 aromatic rings. The first kappa shape index (κ1) is 27.3. The molecule has 0 aliphatic rings. The Morgan fingerprint density at radius 1 is 0.816 bits per heavy atom. The summed E-state index contributed by atoms with van der Waals surface area (Å²) < 4.78 is 16.5. The number of nitro benzene ring substituents is 2. The molecule has 0 radical (unpaired) electrons. The largest absolute Gasteiger partial charge is 0.490 e. The summed E-state index contributed by atoms with van der Waals surface area (Å²) in [5.74, 6) is -0.702. The molecule has 196 valence electrons. The van der Waals surface area contributed by atoms with Gasteiger partial charge in [0.25, 0.3) is 17.3 Å². The van der Waals surface area contributed by atoms with Crippen molar-refractivity contribution in [3.05, 3.63) is 97.6 Å². The van der Waals surface area contributed by atoms with Gasteiger partial charge in [-0.25, -0.2) is 10.2 Å². The molecule has 13 nitrogen and oxygen atoms in total. The van der Waals surface area contributed by atoms with Crippen molar-refractivity contribution in [2.45, 2.75) is 13.8 Å². The number of carbonyl (C=O) groups excluding carboxylic acids is 2. The average Bonchev–Trinajstić information content (AvgIpc) is 2.90. The third kappa shape index (κ3) is 6.87. The van der Waals surface area contributed by atoms with E-state index < -0.39 is 21.7 Å². The maximum absolute atomic E-state index is 12.8. The van der Waals surface area contributed by atoms with Gasteiger partial charge in [0.15, 0.2) is 11.5 Å². The van der Waals surface area contributed by atoms with Crippen LogP contribution in [0.4, 0.5) is 11.4 Å². The number of hydrogen-bond donors (Lipinski definition) is 1. The fourth-order valence-electron chi connectivity index (χ4n) is 3.14. The Bertz CT molecular complexity index is 1390. The predicted molar refractivity (Wildman–Crippen MR) is 135 cm³/mol. The van der Waals surface area contributed by atoms with Crippen molar-refractivity contribution in [2.75, 3.05) is 13.2 Å². The van der Waals surface area contributed by atoms with Crippen molar-refractivity contribution in [3.63, 3.8) is 0 Å². The van der Waals surface area contributed by atoms with E-state index in [0.29, 0.717) is 24.7 Å². The van der Waals surface area contributed by atoms with E-state index >= 15 is 0 Å². The number of carbonyl (C=O) groups is 2. The zero-order valence-electron chi connectivity index (χ0n) is 20.3. The van der Waals surface area contributed by atoms with Crippen LogP contribution in [0.15, 0.2) is 65.8 Å². The second-order valence-electron chi connectivity index (χ2n) is 7.40. The number of rotatable bonds is 11. The number of nitrogens with one attached hydrogen (secondary N) is 1. The highest BCUT2D eigenvalue weighted by Crippen LogP contribution is 2.30. The van der Waals surface area contributed by atoms with Crippen LogP contribution in [0.25, 0.3) is 0 Å². The number of ether oxygens (including phenoxy) is 3. The quantitative estimate of drug-likeness (QED) is 0.127. The molecule has 0 fully saturated rings. The van der Waals surface area contributed by atoms with Crippen molar-refractivity contribution in [3.8, 4) is 17.2 Å². The minimum atomic E-state index is -0.771. The lowest BCUT2D eigenvalue weighted by molar-refractivity contribution is -0.385. The summed E-state index contributed by atoms with van der Waals surface area (Å²) in [5, 5.41) is 25.8. The minimum Gasteiger partial charge on any atom is -0.490 e. The summed E-state index contributed by atoms with van der Waals surface area (Å²) in [6.07, 6.45) is 1.07. The topological polar surface area (TPSA) is 172 Å². The molecule has 0 atom stereocenters. The first-order valence-electron chi connectivity index (χ1n) is 11.2. The Hall–Kier alpha value is -5.33. The van der Waals surface area contributed by atoms with Gasteiger partial charge in [0.2, 0.25) is 0 Å². The van der Waals surface area contributed by atoms with Crippen molar-refractivity contribution in [1.82, 2.24) is 5.43 Å². The van der Waals surface area contributed by atoms with Crippen LogP contribution < -0.4 is 19.6 Å². The maximum Gasteiger partial charge on any atom is 0.343 e. The van der Waals surface area contributed by atoms with Crippen LogP contribution >= 0.6 is 0 Å². The first-order chi connectivity index (χ1) is 18.2. The Morgan fingerprint density at radius 3 is 2.03 bits per heavy atom. The predicted octanol–water partition coefficient (Wildman–Crippen LogP) is 4.28. The molecule has 0 unspecified atom stereocenters. The van der Waals surface area contributed by atoms with E-state index in [2.05, 4.69) is 10.5 Å². The monoisotopic (exact) mass is 522 g/mol. The minimum absolute atomic E-state index is 0.0347. The van der Waals surface area contributed by atoms with Crippen LogP contribution in [0.3, 0.4) is 0 Å². The van der Waals surface area contributed by atoms with Crippen LogP contribution in [-0.4, -0.2) is 41.2 Å².